The van der Waals surface area contributed by atoms with E-state index in [-0.39, 0.29) is 5.91 Å². The smallest absolute Gasteiger partial charge is 0.271 e. The standard InChI is InChI=1S/C9H9IN4OS/c1-14-5-11-2-6(14)3-12-8(15)7-4-16-9(10)13-7/h2,4-5H,3H2,1H3,(H,12,15). The Hall–Kier alpha value is -0.960. The highest BCUT2D eigenvalue weighted by atomic mass is 127. The van der Waals surface area contributed by atoms with Crippen molar-refractivity contribution < 1.29 is 4.79 Å². The van der Waals surface area contributed by atoms with E-state index in [1.807, 2.05) is 11.6 Å². The van der Waals surface area contributed by atoms with Crippen LogP contribution in [0.2, 0.25) is 0 Å². The average Bonchev–Trinajstić information content (AvgIpc) is 2.84. The Morgan fingerprint density at radius 2 is 2.50 bits per heavy atom. The quantitative estimate of drug-likeness (QED) is 0.854. The van der Waals surface area contributed by atoms with Crippen LogP contribution in [-0.4, -0.2) is 20.4 Å². The van der Waals surface area contributed by atoms with Gasteiger partial charge in [0.15, 0.2) is 3.01 Å². The average molecular weight is 348 g/mol. The van der Waals surface area contributed by atoms with Gasteiger partial charge in [0, 0.05) is 18.6 Å². The van der Waals surface area contributed by atoms with Crippen molar-refractivity contribution >= 4 is 39.8 Å². The third kappa shape index (κ3) is 2.59. The Labute approximate surface area is 110 Å². The van der Waals surface area contributed by atoms with E-state index in [4.69, 9.17) is 0 Å². The van der Waals surface area contributed by atoms with Crippen molar-refractivity contribution in [1.29, 1.82) is 0 Å². The molecule has 2 aromatic rings. The van der Waals surface area contributed by atoms with Crippen LogP contribution in [-0.2, 0) is 13.6 Å². The Morgan fingerprint density at radius 1 is 1.69 bits per heavy atom. The number of halogens is 1. The fraction of sp³-hybridized carbons (Fsp3) is 0.222. The van der Waals surface area contributed by atoms with Gasteiger partial charge in [-0.2, -0.15) is 0 Å². The maximum absolute atomic E-state index is 11.7. The highest BCUT2D eigenvalue weighted by Gasteiger charge is 2.09. The summed E-state index contributed by atoms with van der Waals surface area (Å²) in [5, 5.41) is 4.55. The summed E-state index contributed by atoms with van der Waals surface area (Å²) >= 11 is 3.55. The largest absolute Gasteiger partial charge is 0.345 e. The maximum Gasteiger partial charge on any atom is 0.271 e. The number of carbonyl (C=O) groups is 1. The van der Waals surface area contributed by atoms with Gasteiger partial charge in [0.05, 0.1) is 18.6 Å². The van der Waals surface area contributed by atoms with Crippen LogP contribution in [0.4, 0.5) is 0 Å². The molecule has 2 heterocycles. The summed E-state index contributed by atoms with van der Waals surface area (Å²) in [5.74, 6) is -0.152. The lowest BCUT2D eigenvalue weighted by atomic mass is 10.4. The highest BCUT2D eigenvalue weighted by Crippen LogP contribution is 2.11. The molecule has 0 aliphatic rings. The van der Waals surface area contributed by atoms with Crippen molar-refractivity contribution in [2.75, 3.05) is 0 Å². The van der Waals surface area contributed by atoms with Gasteiger partial charge in [-0.25, -0.2) is 9.97 Å². The summed E-state index contributed by atoms with van der Waals surface area (Å²) in [6, 6.07) is 0. The molecule has 1 amide bonds. The Kier molecular flexibility index (Phi) is 3.54. The fourth-order valence-corrected chi connectivity index (χ4v) is 2.33. The summed E-state index contributed by atoms with van der Waals surface area (Å²) in [6.45, 7) is 0.462. The summed E-state index contributed by atoms with van der Waals surface area (Å²) in [6.07, 6.45) is 3.43. The van der Waals surface area contributed by atoms with Gasteiger partial charge >= 0.3 is 0 Å². The van der Waals surface area contributed by atoms with Gasteiger partial charge in [0.25, 0.3) is 5.91 Å². The topological polar surface area (TPSA) is 59.8 Å². The van der Waals surface area contributed by atoms with Gasteiger partial charge < -0.3 is 9.88 Å². The third-order valence-electron chi connectivity index (χ3n) is 2.06. The molecule has 2 aromatic heterocycles. The second-order valence-electron chi connectivity index (χ2n) is 3.16. The minimum absolute atomic E-state index is 0.152. The number of rotatable bonds is 3. The monoisotopic (exact) mass is 348 g/mol. The predicted molar refractivity (Wildman–Crippen MR) is 69.2 cm³/mol. The molecule has 0 radical (unpaired) electrons. The third-order valence-corrected chi connectivity index (χ3v) is 3.69. The molecule has 0 aromatic carbocycles. The molecule has 0 fully saturated rings. The molecule has 0 bridgehead atoms. The minimum atomic E-state index is -0.152. The van der Waals surface area contributed by atoms with E-state index in [1.54, 1.807) is 17.9 Å². The number of thiazole rings is 1. The summed E-state index contributed by atoms with van der Waals surface area (Å²) < 4.78 is 2.73. The molecular formula is C9H9IN4OS. The number of aryl methyl sites for hydroxylation is 1. The van der Waals surface area contributed by atoms with E-state index in [1.165, 1.54) is 11.3 Å². The van der Waals surface area contributed by atoms with Crippen molar-refractivity contribution in [2.24, 2.45) is 7.05 Å². The zero-order chi connectivity index (χ0) is 11.5. The number of hydrogen-bond acceptors (Lipinski definition) is 4. The van der Waals surface area contributed by atoms with Gasteiger partial charge in [0.2, 0.25) is 0 Å². The molecule has 1 N–H and O–H groups in total. The number of nitrogens with one attached hydrogen (secondary N) is 1. The lowest BCUT2D eigenvalue weighted by Crippen LogP contribution is -2.24. The van der Waals surface area contributed by atoms with E-state index in [0.717, 1.165) is 8.71 Å². The molecule has 16 heavy (non-hydrogen) atoms. The first-order chi connectivity index (χ1) is 7.66. The summed E-state index contributed by atoms with van der Waals surface area (Å²) in [4.78, 5) is 19.7. The Balaban J connectivity index is 1.96. The summed E-state index contributed by atoms with van der Waals surface area (Å²) in [5.41, 5.74) is 1.43. The number of imidazole rings is 1. The van der Waals surface area contributed by atoms with Crippen molar-refractivity contribution in [2.45, 2.75) is 6.54 Å². The number of hydrogen-bond donors (Lipinski definition) is 1. The molecule has 0 spiro atoms. The SMILES string of the molecule is Cn1cncc1CNC(=O)c1csc(I)n1. The lowest BCUT2D eigenvalue weighted by molar-refractivity contribution is 0.0945. The number of aromatic nitrogens is 3. The van der Waals surface area contributed by atoms with Gasteiger partial charge in [0.1, 0.15) is 5.69 Å². The number of amides is 1. The zero-order valence-electron chi connectivity index (χ0n) is 8.48. The normalized spacial score (nSPS) is 10.4. The minimum Gasteiger partial charge on any atom is -0.345 e. The lowest BCUT2D eigenvalue weighted by Gasteiger charge is -2.03. The predicted octanol–water partition coefficient (Wildman–Crippen LogP) is 1.41. The molecule has 0 atom stereocenters. The second kappa shape index (κ2) is 4.91. The molecule has 0 saturated carbocycles. The number of nitrogens with zero attached hydrogens (tertiary/aromatic N) is 3. The molecule has 0 aliphatic carbocycles. The van der Waals surface area contributed by atoms with Gasteiger partial charge in [-0.3, -0.25) is 4.79 Å². The van der Waals surface area contributed by atoms with Gasteiger partial charge in [-0.1, -0.05) is 0 Å². The molecule has 0 unspecified atom stereocenters. The number of carbonyl (C=O) groups excluding carboxylic acids is 1. The molecule has 5 nitrogen and oxygen atoms in total. The van der Waals surface area contributed by atoms with E-state index in [0.29, 0.717) is 12.2 Å². The fourth-order valence-electron chi connectivity index (χ4n) is 1.17. The molecule has 0 aliphatic heterocycles. The van der Waals surface area contributed by atoms with Gasteiger partial charge in [-0.05, 0) is 22.6 Å². The first kappa shape index (κ1) is 11.5. The van der Waals surface area contributed by atoms with E-state index < -0.39 is 0 Å². The maximum atomic E-state index is 11.7. The van der Waals surface area contributed by atoms with Crippen LogP contribution in [0.3, 0.4) is 0 Å². The van der Waals surface area contributed by atoms with Crippen LogP contribution in [0.1, 0.15) is 16.2 Å². The molecule has 84 valence electrons. The highest BCUT2D eigenvalue weighted by molar-refractivity contribution is 14.1. The molecule has 7 heteroatoms. The van der Waals surface area contributed by atoms with E-state index >= 15 is 0 Å². The van der Waals surface area contributed by atoms with E-state index in [2.05, 4.69) is 37.9 Å². The van der Waals surface area contributed by atoms with Crippen LogP contribution >= 0.6 is 33.9 Å². The van der Waals surface area contributed by atoms with Crippen molar-refractivity contribution in [1.82, 2.24) is 19.9 Å². The second-order valence-corrected chi connectivity index (χ2v) is 5.78. The van der Waals surface area contributed by atoms with Crippen LogP contribution in [0.25, 0.3) is 0 Å². The Bertz CT molecular complexity index is 507. The zero-order valence-corrected chi connectivity index (χ0v) is 11.4. The van der Waals surface area contributed by atoms with Crippen molar-refractivity contribution in [3.63, 3.8) is 0 Å². The van der Waals surface area contributed by atoms with Crippen LogP contribution < -0.4 is 5.32 Å². The van der Waals surface area contributed by atoms with Crippen LogP contribution in [0.5, 0.6) is 0 Å². The first-order valence-corrected chi connectivity index (χ1v) is 6.47. The molecule has 0 saturated heterocycles. The molecule has 2 rings (SSSR count). The van der Waals surface area contributed by atoms with Crippen LogP contribution in [0, 0.1) is 3.01 Å². The van der Waals surface area contributed by atoms with Gasteiger partial charge in [-0.15, -0.1) is 11.3 Å². The summed E-state index contributed by atoms with van der Waals surface area (Å²) in [7, 11) is 1.89. The molecular weight excluding hydrogens is 339 g/mol. The first-order valence-electron chi connectivity index (χ1n) is 4.51. The van der Waals surface area contributed by atoms with E-state index in [9.17, 15) is 4.79 Å². The Morgan fingerprint density at radius 3 is 3.06 bits per heavy atom. The van der Waals surface area contributed by atoms with Crippen LogP contribution in [0.15, 0.2) is 17.9 Å². The van der Waals surface area contributed by atoms with Crippen molar-refractivity contribution in [3.05, 3.63) is 32.3 Å². The van der Waals surface area contributed by atoms with Crippen molar-refractivity contribution in [3.8, 4) is 0 Å².